The Kier molecular flexibility index (Phi) is 3.51. The normalized spacial score (nSPS) is 11.6. The average molecular weight is 278 g/mol. The zero-order valence-corrected chi connectivity index (χ0v) is 11.5. The quantitative estimate of drug-likeness (QED) is 0.582. The van der Waals surface area contributed by atoms with Crippen LogP contribution in [-0.2, 0) is 4.79 Å². The van der Waals surface area contributed by atoms with Gasteiger partial charge >= 0.3 is 0 Å². The molecule has 0 atom stereocenters. The Morgan fingerprint density at radius 2 is 1.90 bits per heavy atom. The fraction of sp³-hybridized carbons (Fsp3) is 0.0588. The van der Waals surface area contributed by atoms with Crippen molar-refractivity contribution in [2.24, 2.45) is 0 Å². The number of nitrogens with one attached hydrogen (secondary N) is 1. The molecule has 0 aliphatic heterocycles. The lowest BCUT2D eigenvalue weighted by atomic mass is 10.2. The molecule has 4 heteroatoms. The number of nitrogens with zero attached hydrogens (tertiary/aromatic N) is 1. The molecule has 1 aromatic heterocycles. The van der Waals surface area contributed by atoms with Gasteiger partial charge in [0.05, 0.1) is 5.57 Å². The number of benzene rings is 2. The Balaban J connectivity index is 1.92. The molecule has 0 amide bonds. The molecular weight excluding hydrogens is 264 g/mol. The van der Waals surface area contributed by atoms with Crippen LogP contribution in [-0.4, -0.2) is 11.3 Å². The van der Waals surface area contributed by atoms with Crippen molar-refractivity contribution in [3.05, 3.63) is 66.2 Å². The van der Waals surface area contributed by atoms with Crippen molar-refractivity contribution in [2.45, 2.75) is 6.92 Å². The number of carbonyl (C=O) groups excluding carboxylic acids is 1. The molecule has 1 N–H and O–H groups in total. The largest absolute Gasteiger partial charge is 0.436 e. The van der Waals surface area contributed by atoms with Crippen LogP contribution in [0.25, 0.3) is 16.7 Å². The van der Waals surface area contributed by atoms with Crippen LogP contribution in [0.2, 0.25) is 0 Å². The van der Waals surface area contributed by atoms with Gasteiger partial charge in [0, 0.05) is 11.9 Å². The first-order valence-electron chi connectivity index (χ1n) is 6.61. The van der Waals surface area contributed by atoms with Crippen molar-refractivity contribution in [2.75, 3.05) is 5.32 Å². The zero-order valence-electron chi connectivity index (χ0n) is 11.5. The topological polar surface area (TPSA) is 55.1 Å². The van der Waals surface area contributed by atoms with E-state index in [4.69, 9.17) is 4.42 Å². The van der Waals surface area contributed by atoms with Gasteiger partial charge in [0.15, 0.2) is 11.9 Å². The second-order valence-corrected chi connectivity index (χ2v) is 4.66. The third-order valence-corrected chi connectivity index (χ3v) is 3.20. The summed E-state index contributed by atoms with van der Waals surface area (Å²) in [5.74, 6) is 0.312. The summed E-state index contributed by atoms with van der Waals surface area (Å²) in [7, 11) is 0. The van der Waals surface area contributed by atoms with E-state index in [1.54, 1.807) is 6.20 Å². The minimum atomic E-state index is 0.312. The molecule has 0 radical (unpaired) electrons. The highest BCUT2D eigenvalue weighted by molar-refractivity contribution is 6.06. The summed E-state index contributed by atoms with van der Waals surface area (Å²) in [5, 5.41) is 3.11. The molecule has 3 rings (SSSR count). The highest BCUT2D eigenvalue weighted by Crippen LogP contribution is 2.20. The van der Waals surface area contributed by atoms with Gasteiger partial charge in [-0.2, -0.15) is 0 Å². The van der Waals surface area contributed by atoms with Crippen molar-refractivity contribution in [1.82, 2.24) is 4.98 Å². The van der Waals surface area contributed by atoms with E-state index in [0.717, 1.165) is 23.1 Å². The Morgan fingerprint density at radius 3 is 2.67 bits per heavy atom. The maximum absolute atomic E-state index is 11.3. The van der Waals surface area contributed by atoms with Crippen molar-refractivity contribution >= 4 is 28.6 Å². The summed E-state index contributed by atoms with van der Waals surface area (Å²) >= 11 is 0. The lowest BCUT2D eigenvalue weighted by Crippen LogP contribution is -1.95. The second-order valence-electron chi connectivity index (χ2n) is 4.66. The van der Waals surface area contributed by atoms with Crippen LogP contribution >= 0.6 is 0 Å². The lowest BCUT2D eigenvalue weighted by molar-refractivity contribution is -0.103. The van der Waals surface area contributed by atoms with E-state index < -0.39 is 0 Å². The van der Waals surface area contributed by atoms with Crippen LogP contribution in [0.1, 0.15) is 11.5 Å². The number of aromatic nitrogens is 1. The maximum atomic E-state index is 11.3. The number of hydrogen-bond donors (Lipinski definition) is 1. The van der Waals surface area contributed by atoms with Crippen LogP contribution in [0, 0.1) is 6.92 Å². The van der Waals surface area contributed by atoms with E-state index >= 15 is 0 Å². The van der Waals surface area contributed by atoms with E-state index in [0.29, 0.717) is 17.0 Å². The summed E-state index contributed by atoms with van der Waals surface area (Å²) < 4.78 is 5.59. The molecule has 0 fully saturated rings. The SMILES string of the molecule is Cc1ccccc1N/C=C(\C=O)c1nc2ccccc2o1. The summed E-state index contributed by atoms with van der Waals surface area (Å²) in [6.07, 6.45) is 2.34. The van der Waals surface area contributed by atoms with Crippen molar-refractivity contribution in [3.8, 4) is 0 Å². The van der Waals surface area contributed by atoms with E-state index in [-0.39, 0.29) is 0 Å². The standard InChI is InChI=1S/C17H14N2O2/c1-12-6-2-3-7-14(12)18-10-13(11-20)17-19-15-8-4-5-9-16(15)21-17/h2-11,18H,1H3/b13-10+. The minimum absolute atomic E-state index is 0.312. The molecule has 0 saturated carbocycles. The number of hydrogen-bond acceptors (Lipinski definition) is 4. The van der Waals surface area contributed by atoms with Crippen LogP contribution in [0.15, 0.2) is 59.1 Å². The molecule has 21 heavy (non-hydrogen) atoms. The van der Waals surface area contributed by atoms with Crippen LogP contribution in [0.4, 0.5) is 5.69 Å². The van der Waals surface area contributed by atoms with Gasteiger partial charge < -0.3 is 9.73 Å². The molecular formula is C17H14N2O2. The number of fused-ring (bicyclic) bond motifs is 1. The number of oxazole rings is 1. The molecule has 104 valence electrons. The molecule has 0 aliphatic rings. The lowest BCUT2D eigenvalue weighted by Gasteiger charge is -2.04. The average Bonchev–Trinajstić information content (AvgIpc) is 2.93. The molecule has 0 aliphatic carbocycles. The van der Waals surface area contributed by atoms with Gasteiger partial charge in [0.2, 0.25) is 5.89 Å². The van der Waals surface area contributed by atoms with Gasteiger partial charge in [-0.05, 0) is 30.7 Å². The zero-order chi connectivity index (χ0) is 14.7. The number of anilines is 1. The monoisotopic (exact) mass is 278 g/mol. The van der Waals surface area contributed by atoms with Gasteiger partial charge in [0.1, 0.15) is 5.52 Å². The predicted molar refractivity (Wildman–Crippen MR) is 82.9 cm³/mol. The number of rotatable bonds is 4. The second kappa shape index (κ2) is 5.63. The maximum Gasteiger partial charge on any atom is 0.232 e. The highest BCUT2D eigenvalue weighted by atomic mass is 16.3. The fourth-order valence-electron chi connectivity index (χ4n) is 2.03. The Bertz CT molecular complexity index is 785. The number of aryl methyl sites for hydroxylation is 1. The van der Waals surface area contributed by atoms with Gasteiger partial charge in [-0.1, -0.05) is 30.3 Å². The molecule has 2 aromatic carbocycles. The molecule has 0 saturated heterocycles. The van der Waals surface area contributed by atoms with Crippen LogP contribution < -0.4 is 5.32 Å². The van der Waals surface area contributed by atoms with Crippen molar-refractivity contribution < 1.29 is 9.21 Å². The molecule has 3 aromatic rings. The third-order valence-electron chi connectivity index (χ3n) is 3.20. The number of carbonyl (C=O) groups is 1. The fourth-order valence-corrected chi connectivity index (χ4v) is 2.03. The predicted octanol–water partition coefficient (Wildman–Crippen LogP) is 3.79. The first-order valence-corrected chi connectivity index (χ1v) is 6.61. The number of para-hydroxylation sites is 3. The van der Waals surface area contributed by atoms with E-state index in [1.807, 2.05) is 55.5 Å². The minimum Gasteiger partial charge on any atom is -0.436 e. The smallest absolute Gasteiger partial charge is 0.232 e. The third kappa shape index (κ3) is 2.69. The van der Waals surface area contributed by atoms with Crippen LogP contribution in [0.5, 0.6) is 0 Å². The molecule has 0 unspecified atom stereocenters. The highest BCUT2D eigenvalue weighted by Gasteiger charge is 2.09. The van der Waals surface area contributed by atoms with Gasteiger partial charge in [0.25, 0.3) is 0 Å². The summed E-state index contributed by atoms with van der Waals surface area (Å²) in [5.41, 5.74) is 3.80. The van der Waals surface area contributed by atoms with Crippen molar-refractivity contribution in [3.63, 3.8) is 0 Å². The van der Waals surface area contributed by atoms with E-state index in [9.17, 15) is 4.79 Å². The molecule has 0 spiro atoms. The molecule has 1 heterocycles. The molecule has 0 bridgehead atoms. The summed E-state index contributed by atoms with van der Waals surface area (Å²) in [6.45, 7) is 2.00. The van der Waals surface area contributed by atoms with Gasteiger partial charge in [-0.25, -0.2) is 4.98 Å². The molecule has 4 nitrogen and oxygen atoms in total. The summed E-state index contributed by atoms with van der Waals surface area (Å²) in [6, 6.07) is 15.3. The number of allylic oxidation sites excluding steroid dienone is 1. The Morgan fingerprint density at radius 1 is 1.14 bits per heavy atom. The Hall–Kier alpha value is -2.88. The first kappa shape index (κ1) is 13.1. The number of aldehydes is 1. The first-order chi connectivity index (χ1) is 10.3. The van der Waals surface area contributed by atoms with Crippen molar-refractivity contribution in [1.29, 1.82) is 0 Å². The van der Waals surface area contributed by atoms with E-state index in [2.05, 4.69) is 10.3 Å². The van der Waals surface area contributed by atoms with Gasteiger partial charge in [-0.15, -0.1) is 0 Å². The van der Waals surface area contributed by atoms with Crippen LogP contribution in [0.3, 0.4) is 0 Å². The van der Waals surface area contributed by atoms with Gasteiger partial charge in [-0.3, -0.25) is 4.79 Å². The van der Waals surface area contributed by atoms with E-state index in [1.165, 1.54) is 0 Å². The Labute approximate surface area is 122 Å². The summed E-state index contributed by atoms with van der Waals surface area (Å²) in [4.78, 5) is 15.6.